The highest BCUT2D eigenvalue weighted by molar-refractivity contribution is 7.73. The molecule has 0 saturated carbocycles. The Hall–Kier alpha value is -1.13. The van der Waals surface area contributed by atoms with E-state index in [2.05, 4.69) is 35.9 Å². The molecule has 0 amide bonds. The van der Waals surface area contributed by atoms with Crippen molar-refractivity contribution in [2.24, 2.45) is 0 Å². The zero-order chi connectivity index (χ0) is 13.1. The third kappa shape index (κ3) is 2.49. The molecule has 1 heterocycles. The number of ether oxygens (including phenoxy) is 1. The fourth-order valence-corrected chi connectivity index (χ4v) is 3.12. The fourth-order valence-electron chi connectivity index (χ4n) is 2.00. The number of rotatable bonds is 4. The van der Waals surface area contributed by atoms with Crippen molar-refractivity contribution in [1.82, 2.24) is 4.57 Å². The van der Waals surface area contributed by atoms with Crippen LogP contribution in [0.1, 0.15) is 18.9 Å². The van der Waals surface area contributed by atoms with Gasteiger partial charge >= 0.3 is 0 Å². The third-order valence-electron chi connectivity index (χ3n) is 2.86. The van der Waals surface area contributed by atoms with Crippen molar-refractivity contribution < 1.29 is 4.74 Å². The summed E-state index contributed by atoms with van der Waals surface area (Å²) in [7, 11) is 1.71. The molecule has 0 unspecified atom stereocenters. The van der Waals surface area contributed by atoms with Crippen LogP contribution in [0.3, 0.4) is 0 Å². The minimum atomic E-state index is 0.901. The van der Waals surface area contributed by atoms with Gasteiger partial charge in [0.05, 0.1) is 12.8 Å². The highest BCUT2D eigenvalue weighted by Crippen LogP contribution is 2.33. The van der Waals surface area contributed by atoms with Crippen LogP contribution in [-0.2, 0) is 6.54 Å². The predicted octanol–water partition coefficient (Wildman–Crippen LogP) is 4.67. The van der Waals surface area contributed by atoms with Gasteiger partial charge in [0, 0.05) is 17.5 Å². The number of methoxy groups -OCH3 is 1. The second-order valence-electron chi connectivity index (χ2n) is 4.24. The molecule has 0 saturated heterocycles. The van der Waals surface area contributed by atoms with Crippen LogP contribution in [0.5, 0.6) is 5.75 Å². The molecule has 18 heavy (non-hydrogen) atoms. The summed E-state index contributed by atoms with van der Waals surface area (Å²) in [4.78, 5) is 0. The monoisotopic (exact) mass is 279 g/mol. The summed E-state index contributed by atoms with van der Waals surface area (Å²) in [5.41, 5.74) is 3.51. The first-order valence-electron chi connectivity index (χ1n) is 6.00. The number of thiazole rings is 1. The number of aromatic nitrogens is 1. The van der Waals surface area contributed by atoms with Gasteiger partial charge < -0.3 is 9.30 Å². The quantitative estimate of drug-likeness (QED) is 0.755. The molecule has 0 atom stereocenters. The van der Waals surface area contributed by atoms with Crippen LogP contribution in [0.25, 0.3) is 11.3 Å². The Balaban J connectivity index is 2.61. The molecule has 2 aromatic rings. The molecule has 2 rings (SSSR count). The van der Waals surface area contributed by atoms with E-state index in [4.69, 9.17) is 17.0 Å². The van der Waals surface area contributed by atoms with E-state index >= 15 is 0 Å². The third-order valence-corrected chi connectivity index (χ3v) is 4.13. The van der Waals surface area contributed by atoms with Crippen molar-refractivity contribution in [3.63, 3.8) is 0 Å². The summed E-state index contributed by atoms with van der Waals surface area (Å²) in [6, 6.07) is 6.23. The average Bonchev–Trinajstić information content (AvgIpc) is 2.72. The molecule has 0 aliphatic rings. The van der Waals surface area contributed by atoms with Gasteiger partial charge in [-0.25, -0.2) is 0 Å². The fraction of sp³-hybridized carbons (Fsp3) is 0.357. The molecule has 96 valence electrons. The van der Waals surface area contributed by atoms with Gasteiger partial charge in [0.2, 0.25) is 0 Å². The Morgan fingerprint density at radius 2 is 2.17 bits per heavy atom. The molecule has 0 aliphatic carbocycles. The van der Waals surface area contributed by atoms with Crippen molar-refractivity contribution in [2.75, 3.05) is 7.11 Å². The van der Waals surface area contributed by atoms with Gasteiger partial charge in [-0.3, -0.25) is 0 Å². The highest BCUT2D eigenvalue weighted by atomic mass is 32.1. The lowest BCUT2D eigenvalue weighted by Gasteiger charge is -2.12. The van der Waals surface area contributed by atoms with E-state index in [9.17, 15) is 0 Å². The average molecular weight is 279 g/mol. The second kappa shape index (κ2) is 5.67. The zero-order valence-electron chi connectivity index (χ0n) is 10.9. The minimum Gasteiger partial charge on any atom is -0.496 e. The van der Waals surface area contributed by atoms with E-state index in [1.807, 2.05) is 6.07 Å². The van der Waals surface area contributed by atoms with Gasteiger partial charge in [-0.1, -0.05) is 18.6 Å². The van der Waals surface area contributed by atoms with E-state index in [1.54, 1.807) is 18.4 Å². The van der Waals surface area contributed by atoms with Gasteiger partial charge in [0.25, 0.3) is 0 Å². The van der Waals surface area contributed by atoms with Crippen molar-refractivity contribution in [3.8, 4) is 17.0 Å². The maximum absolute atomic E-state index is 5.45. The molecule has 0 fully saturated rings. The first-order chi connectivity index (χ1) is 8.67. The smallest absolute Gasteiger partial charge is 0.161 e. The Bertz CT molecular complexity index is 598. The normalized spacial score (nSPS) is 10.6. The minimum absolute atomic E-state index is 0.901. The summed E-state index contributed by atoms with van der Waals surface area (Å²) < 4.78 is 8.57. The standard InChI is InChI=1S/C14H17NOS2/c1-4-7-15-12(9-18-14(15)17)11-8-10(2)5-6-13(11)16-3/h5-6,8-9H,4,7H2,1-3H3. The largest absolute Gasteiger partial charge is 0.496 e. The number of aryl methyl sites for hydroxylation is 1. The first-order valence-corrected chi connectivity index (χ1v) is 7.29. The number of hydrogen-bond donors (Lipinski definition) is 0. The van der Waals surface area contributed by atoms with Crippen LogP contribution >= 0.6 is 23.6 Å². The number of benzene rings is 1. The number of nitrogens with zero attached hydrogens (tertiary/aromatic N) is 1. The van der Waals surface area contributed by atoms with E-state index in [-0.39, 0.29) is 0 Å². The van der Waals surface area contributed by atoms with Crippen molar-refractivity contribution in [3.05, 3.63) is 33.1 Å². The van der Waals surface area contributed by atoms with Crippen LogP contribution in [0.4, 0.5) is 0 Å². The maximum Gasteiger partial charge on any atom is 0.161 e. The highest BCUT2D eigenvalue weighted by Gasteiger charge is 2.11. The van der Waals surface area contributed by atoms with Gasteiger partial charge in [0.15, 0.2) is 3.95 Å². The Kier molecular flexibility index (Phi) is 4.19. The Labute approximate surface area is 117 Å². The summed E-state index contributed by atoms with van der Waals surface area (Å²) in [5, 5.41) is 2.12. The summed E-state index contributed by atoms with van der Waals surface area (Å²) >= 11 is 7.00. The van der Waals surface area contributed by atoms with Gasteiger partial charge in [-0.15, -0.1) is 11.3 Å². The van der Waals surface area contributed by atoms with Crippen LogP contribution in [-0.4, -0.2) is 11.7 Å². The van der Waals surface area contributed by atoms with Crippen molar-refractivity contribution in [1.29, 1.82) is 0 Å². The SMILES string of the molecule is CCCn1c(-c2cc(C)ccc2OC)csc1=S. The van der Waals surface area contributed by atoms with Crippen molar-refractivity contribution >= 4 is 23.6 Å². The lowest BCUT2D eigenvalue weighted by Crippen LogP contribution is -2.00. The van der Waals surface area contributed by atoms with Crippen LogP contribution in [0.2, 0.25) is 0 Å². The second-order valence-corrected chi connectivity index (χ2v) is 5.75. The molecule has 1 aromatic carbocycles. The molecule has 0 radical (unpaired) electrons. The van der Waals surface area contributed by atoms with Gasteiger partial charge in [0.1, 0.15) is 5.75 Å². The van der Waals surface area contributed by atoms with Crippen LogP contribution in [0.15, 0.2) is 23.6 Å². The Morgan fingerprint density at radius 3 is 2.83 bits per heavy atom. The summed E-state index contributed by atoms with van der Waals surface area (Å²) in [6.45, 7) is 5.21. The van der Waals surface area contributed by atoms with E-state index in [0.29, 0.717) is 0 Å². The van der Waals surface area contributed by atoms with E-state index in [1.165, 1.54) is 5.56 Å². The summed E-state index contributed by atoms with van der Waals surface area (Å²) in [5.74, 6) is 0.901. The number of hydrogen-bond acceptors (Lipinski definition) is 3. The van der Waals surface area contributed by atoms with Crippen molar-refractivity contribution in [2.45, 2.75) is 26.8 Å². The Morgan fingerprint density at radius 1 is 1.39 bits per heavy atom. The molecule has 0 bridgehead atoms. The predicted molar refractivity (Wildman–Crippen MR) is 80.2 cm³/mol. The van der Waals surface area contributed by atoms with E-state index < -0.39 is 0 Å². The molecule has 0 N–H and O–H groups in total. The molecule has 1 aromatic heterocycles. The molecule has 0 spiro atoms. The van der Waals surface area contributed by atoms with Crippen LogP contribution < -0.4 is 4.74 Å². The molecule has 4 heteroatoms. The molecular formula is C14H17NOS2. The lowest BCUT2D eigenvalue weighted by atomic mass is 10.1. The lowest BCUT2D eigenvalue weighted by molar-refractivity contribution is 0.416. The van der Waals surface area contributed by atoms with Gasteiger partial charge in [-0.2, -0.15) is 0 Å². The maximum atomic E-state index is 5.45. The van der Waals surface area contributed by atoms with Crippen LogP contribution in [0, 0.1) is 10.9 Å². The zero-order valence-corrected chi connectivity index (χ0v) is 12.5. The summed E-state index contributed by atoms with van der Waals surface area (Å²) in [6.07, 6.45) is 1.08. The van der Waals surface area contributed by atoms with Gasteiger partial charge in [-0.05, 0) is 37.7 Å². The molecule has 0 aliphatic heterocycles. The molecular weight excluding hydrogens is 262 g/mol. The van der Waals surface area contributed by atoms with E-state index in [0.717, 1.165) is 33.9 Å². The molecule has 2 nitrogen and oxygen atoms in total. The first kappa shape index (κ1) is 13.3. The topological polar surface area (TPSA) is 14.2 Å².